The third-order valence-electron chi connectivity index (χ3n) is 3.20. The average molecular weight is 183 g/mol. The highest BCUT2D eigenvalue weighted by molar-refractivity contribution is 5.20. The molecule has 2 rings (SSSR count). The van der Waals surface area contributed by atoms with Gasteiger partial charge in [-0.05, 0) is 50.6 Å². The monoisotopic (exact) mass is 183 g/mol. The summed E-state index contributed by atoms with van der Waals surface area (Å²) in [6, 6.07) is 0. The Morgan fingerprint density at radius 1 is 1.31 bits per heavy atom. The van der Waals surface area contributed by atoms with Crippen molar-refractivity contribution >= 4 is 0 Å². The van der Waals surface area contributed by atoms with E-state index in [1.54, 1.807) is 0 Å². The SMILES string of the molecule is FC1(C2=CCCCC2)CCCNC1. The molecule has 1 unspecified atom stereocenters. The summed E-state index contributed by atoms with van der Waals surface area (Å²) < 4.78 is 14.3. The summed E-state index contributed by atoms with van der Waals surface area (Å²) in [6.07, 6.45) is 8.33. The van der Waals surface area contributed by atoms with Crippen LogP contribution in [0.4, 0.5) is 4.39 Å². The summed E-state index contributed by atoms with van der Waals surface area (Å²) in [7, 11) is 0. The van der Waals surface area contributed by atoms with Gasteiger partial charge in [0.2, 0.25) is 0 Å². The van der Waals surface area contributed by atoms with E-state index in [1.165, 1.54) is 12.8 Å². The van der Waals surface area contributed by atoms with E-state index in [9.17, 15) is 4.39 Å². The average Bonchev–Trinajstić information content (AvgIpc) is 2.20. The van der Waals surface area contributed by atoms with Gasteiger partial charge in [-0.25, -0.2) is 4.39 Å². The number of hydrogen-bond acceptors (Lipinski definition) is 1. The second kappa shape index (κ2) is 3.79. The summed E-state index contributed by atoms with van der Waals surface area (Å²) in [5, 5.41) is 3.16. The van der Waals surface area contributed by atoms with E-state index in [-0.39, 0.29) is 0 Å². The van der Waals surface area contributed by atoms with Crippen molar-refractivity contribution in [3.05, 3.63) is 11.6 Å². The van der Waals surface area contributed by atoms with Crippen LogP contribution >= 0.6 is 0 Å². The minimum Gasteiger partial charge on any atom is -0.313 e. The molecule has 1 aliphatic carbocycles. The lowest BCUT2D eigenvalue weighted by atomic mass is 9.82. The van der Waals surface area contributed by atoms with Crippen LogP contribution in [0.5, 0.6) is 0 Å². The molecule has 1 aliphatic heterocycles. The number of hydrogen-bond donors (Lipinski definition) is 1. The Morgan fingerprint density at radius 2 is 2.23 bits per heavy atom. The topological polar surface area (TPSA) is 12.0 Å². The fraction of sp³-hybridized carbons (Fsp3) is 0.818. The van der Waals surface area contributed by atoms with Gasteiger partial charge < -0.3 is 5.32 Å². The van der Waals surface area contributed by atoms with Gasteiger partial charge in [-0.3, -0.25) is 0 Å². The van der Waals surface area contributed by atoms with Gasteiger partial charge in [0.1, 0.15) is 5.67 Å². The first-order valence-electron chi connectivity index (χ1n) is 5.40. The van der Waals surface area contributed by atoms with Crippen LogP contribution in [0, 0.1) is 0 Å². The van der Waals surface area contributed by atoms with E-state index in [0.717, 1.165) is 37.8 Å². The van der Waals surface area contributed by atoms with E-state index in [0.29, 0.717) is 6.54 Å². The zero-order chi connectivity index (χ0) is 9.15. The van der Waals surface area contributed by atoms with Crippen LogP contribution in [0.15, 0.2) is 11.6 Å². The second-order valence-electron chi connectivity index (χ2n) is 4.22. The number of halogens is 1. The molecule has 1 N–H and O–H groups in total. The molecule has 13 heavy (non-hydrogen) atoms. The van der Waals surface area contributed by atoms with Crippen molar-refractivity contribution in [2.45, 2.75) is 44.2 Å². The standard InChI is InChI=1S/C11H18FN/c12-11(7-4-8-13-9-11)10-5-2-1-3-6-10/h5,13H,1-4,6-9H2. The van der Waals surface area contributed by atoms with E-state index in [1.807, 2.05) is 0 Å². The van der Waals surface area contributed by atoms with Crippen LogP contribution in [0.2, 0.25) is 0 Å². The predicted octanol–water partition coefficient (Wildman–Crippen LogP) is 2.58. The highest BCUT2D eigenvalue weighted by Crippen LogP contribution is 2.35. The Hall–Kier alpha value is -0.370. The Bertz CT molecular complexity index is 204. The van der Waals surface area contributed by atoms with Crippen molar-refractivity contribution in [2.24, 2.45) is 0 Å². The minimum atomic E-state index is -1.00. The lowest BCUT2D eigenvalue weighted by Gasteiger charge is -2.34. The van der Waals surface area contributed by atoms with E-state index in [2.05, 4.69) is 11.4 Å². The highest BCUT2D eigenvalue weighted by atomic mass is 19.1. The van der Waals surface area contributed by atoms with Crippen LogP contribution in [-0.4, -0.2) is 18.8 Å². The van der Waals surface area contributed by atoms with E-state index in [4.69, 9.17) is 0 Å². The van der Waals surface area contributed by atoms with E-state index >= 15 is 0 Å². The van der Waals surface area contributed by atoms with Crippen LogP contribution in [-0.2, 0) is 0 Å². The molecule has 1 atom stereocenters. The fourth-order valence-electron chi connectivity index (χ4n) is 2.39. The number of piperidine rings is 1. The van der Waals surface area contributed by atoms with Gasteiger partial charge in [-0.15, -0.1) is 0 Å². The van der Waals surface area contributed by atoms with Crippen molar-refractivity contribution in [3.8, 4) is 0 Å². The first-order chi connectivity index (χ1) is 6.31. The number of alkyl halides is 1. The molecule has 74 valence electrons. The highest BCUT2D eigenvalue weighted by Gasteiger charge is 2.35. The molecule has 1 fully saturated rings. The van der Waals surface area contributed by atoms with Crippen molar-refractivity contribution in [1.82, 2.24) is 5.32 Å². The third-order valence-corrected chi connectivity index (χ3v) is 3.20. The van der Waals surface area contributed by atoms with Gasteiger partial charge in [0, 0.05) is 6.54 Å². The third kappa shape index (κ3) is 1.93. The molecule has 2 heteroatoms. The molecular formula is C11H18FN. The number of allylic oxidation sites excluding steroid dienone is 1. The predicted molar refractivity (Wildman–Crippen MR) is 52.5 cm³/mol. The zero-order valence-electron chi connectivity index (χ0n) is 8.11. The second-order valence-corrected chi connectivity index (χ2v) is 4.22. The Morgan fingerprint density at radius 3 is 2.85 bits per heavy atom. The molecule has 0 saturated carbocycles. The molecule has 1 heterocycles. The molecule has 0 aromatic rings. The molecule has 0 aromatic carbocycles. The summed E-state index contributed by atoms with van der Waals surface area (Å²) in [4.78, 5) is 0. The molecule has 1 saturated heterocycles. The van der Waals surface area contributed by atoms with E-state index < -0.39 is 5.67 Å². The van der Waals surface area contributed by atoms with Crippen LogP contribution in [0.25, 0.3) is 0 Å². The number of rotatable bonds is 1. The fourth-order valence-corrected chi connectivity index (χ4v) is 2.39. The molecule has 0 aromatic heterocycles. The smallest absolute Gasteiger partial charge is 0.144 e. The van der Waals surface area contributed by atoms with Crippen LogP contribution in [0.1, 0.15) is 38.5 Å². The maximum absolute atomic E-state index is 14.3. The zero-order valence-corrected chi connectivity index (χ0v) is 8.11. The Kier molecular flexibility index (Phi) is 2.68. The quantitative estimate of drug-likeness (QED) is 0.616. The van der Waals surface area contributed by atoms with Crippen molar-refractivity contribution in [3.63, 3.8) is 0 Å². The molecule has 0 amide bonds. The van der Waals surface area contributed by atoms with Gasteiger partial charge >= 0.3 is 0 Å². The first kappa shape index (κ1) is 9.20. The number of nitrogens with one attached hydrogen (secondary N) is 1. The molecule has 2 aliphatic rings. The van der Waals surface area contributed by atoms with Gasteiger partial charge in [0.15, 0.2) is 0 Å². The Balaban J connectivity index is 2.07. The largest absolute Gasteiger partial charge is 0.313 e. The molecule has 0 bridgehead atoms. The van der Waals surface area contributed by atoms with Crippen molar-refractivity contribution in [1.29, 1.82) is 0 Å². The van der Waals surface area contributed by atoms with Gasteiger partial charge in [0.25, 0.3) is 0 Å². The lowest BCUT2D eigenvalue weighted by Crippen LogP contribution is -2.43. The minimum absolute atomic E-state index is 0.541. The molecule has 1 nitrogen and oxygen atoms in total. The van der Waals surface area contributed by atoms with Crippen molar-refractivity contribution < 1.29 is 4.39 Å². The Labute approximate surface area is 79.4 Å². The molecular weight excluding hydrogens is 165 g/mol. The normalized spacial score (nSPS) is 35.6. The first-order valence-corrected chi connectivity index (χ1v) is 5.40. The van der Waals surface area contributed by atoms with Crippen molar-refractivity contribution in [2.75, 3.05) is 13.1 Å². The summed E-state index contributed by atoms with van der Waals surface area (Å²) in [5.41, 5.74) is 0.0736. The molecule has 0 radical (unpaired) electrons. The van der Waals surface area contributed by atoms with Gasteiger partial charge in [-0.1, -0.05) is 6.08 Å². The maximum Gasteiger partial charge on any atom is 0.144 e. The van der Waals surface area contributed by atoms with Gasteiger partial charge in [-0.2, -0.15) is 0 Å². The molecule has 0 spiro atoms. The maximum atomic E-state index is 14.3. The van der Waals surface area contributed by atoms with Gasteiger partial charge in [0.05, 0.1) is 0 Å². The van der Waals surface area contributed by atoms with Crippen LogP contribution < -0.4 is 5.32 Å². The summed E-state index contributed by atoms with van der Waals surface area (Å²) in [5.74, 6) is 0. The van der Waals surface area contributed by atoms with Crippen LogP contribution in [0.3, 0.4) is 0 Å². The lowest BCUT2D eigenvalue weighted by molar-refractivity contribution is 0.157. The summed E-state index contributed by atoms with van der Waals surface area (Å²) in [6.45, 7) is 1.53. The summed E-state index contributed by atoms with van der Waals surface area (Å²) >= 11 is 0.